The number of H-pyrrole nitrogens is 1. The lowest BCUT2D eigenvalue weighted by Gasteiger charge is -2.45. The number of rotatable bonds is 15. The molecule has 5 aliphatic rings. The van der Waals surface area contributed by atoms with Gasteiger partial charge in [0.15, 0.2) is 6.61 Å². The van der Waals surface area contributed by atoms with Crippen LogP contribution in [0.25, 0.3) is 10.9 Å². The molecule has 2 saturated carbocycles. The number of ether oxygens (including phenoxy) is 4. The molecule has 2 atom stereocenters. The number of pyridine rings is 1. The molecule has 0 amide bonds. The Labute approximate surface area is 361 Å². The van der Waals surface area contributed by atoms with E-state index in [1.54, 1.807) is 24.3 Å². The van der Waals surface area contributed by atoms with Crippen molar-refractivity contribution in [3.8, 4) is 17.2 Å². The molecule has 4 heterocycles. The molecule has 13 heteroatoms. The molecule has 4 N–H and O–H groups in total. The number of aromatic nitrogens is 1. The number of carbonyl (C=O) groups is 2. The molecule has 1 aromatic heterocycles. The molecule has 0 spiro atoms. The van der Waals surface area contributed by atoms with E-state index >= 15 is 0 Å². The van der Waals surface area contributed by atoms with Crippen molar-refractivity contribution in [2.45, 2.75) is 107 Å². The Kier molecular flexibility index (Phi) is 13.5. The third kappa shape index (κ3) is 9.88. The maximum atomic E-state index is 14.1. The zero-order chi connectivity index (χ0) is 42.5. The van der Waals surface area contributed by atoms with Crippen molar-refractivity contribution in [2.75, 3.05) is 39.9 Å². The molecular formula is C48H58ClN3O9. The van der Waals surface area contributed by atoms with Crippen LogP contribution in [0.4, 0.5) is 0 Å². The van der Waals surface area contributed by atoms with E-state index in [0.717, 1.165) is 102 Å². The Morgan fingerprint density at radius 3 is 2.48 bits per heavy atom. The highest BCUT2D eigenvalue weighted by atomic mass is 35.5. The predicted molar refractivity (Wildman–Crippen MR) is 232 cm³/mol. The number of phenolic OH excluding ortho intramolecular Hbond substituents is 1. The summed E-state index contributed by atoms with van der Waals surface area (Å²) in [4.78, 5) is 43.8. The number of methoxy groups -OCH3 is 1. The highest BCUT2D eigenvalue weighted by Gasteiger charge is 2.46. The molecular weight excluding hydrogens is 798 g/mol. The second kappa shape index (κ2) is 19.2. The molecule has 12 nitrogen and oxygen atoms in total. The van der Waals surface area contributed by atoms with Crippen LogP contribution >= 0.6 is 11.6 Å². The number of carbonyl (C=O) groups excluding carboxylic acids is 2. The number of hydrogen-bond donors (Lipinski definition) is 4. The Bertz CT molecular complexity index is 2240. The Balaban J connectivity index is 0.798. The molecule has 3 aromatic carbocycles. The van der Waals surface area contributed by atoms with Crippen LogP contribution in [-0.2, 0) is 37.4 Å². The lowest BCUT2D eigenvalue weighted by molar-refractivity contribution is -0.167. The summed E-state index contributed by atoms with van der Waals surface area (Å²) in [7, 11) is 1.53. The fourth-order valence-electron chi connectivity index (χ4n) is 10.2. The van der Waals surface area contributed by atoms with Gasteiger partial charge < -0.3 is 39.5 Å². The number of aliphatic hydroxyl groups excluding tert-OH is 1. The molecule has 0 unspecified atom stereocenters. The molecule has 3 aliphatic heterocycles. The number of aliphatic hydroxyl groups is 1. The quantitative estimate of drug-likeness (QED) is 0.0891. The molecule has 61 heavy (non-hydrogen) atoms. The maximum absolute atomic E-state index is 14.1. The van der Waals surface area contributed by atoms with Crippen LogP contribution in [0.2, 0.25) is 5.02 Å². The van der Waals surface area contributed by atoms with Gasteiger partial charge in [-0.05, 0) is 118 Å². The van der Waals surface area contributed by atoms with E-state index in [1.807, 2.05) is 0 Å². The van der Waals surface area contributed by atoms with Crippen molar-refractivity contribution in [3.05, 3.63) is 98.3 Å². The van der Waals surface area contributed by atoms with Crippen LogP contribution in [0.5, 0.6) is 17.2 Å². The van der Waals surface area contributed by atoms with Crippen LogP contribution in [0.3, 0.4) is 0 Å². The van der Waals surface area contributed by atoms with Crippen LogP contribution in [0, 0.1) is 11.8 Å². The number of halogens is 1. The van der Waals surface area contributed by atoms with Crippen LogP contribution in [-0.4, -0.2) is 84.1 Å². The summed E-state index contributed by atoms with van der Waals surface area (Å²) in [5.41, 5.74) is 2.98. The summed E-state index contributed by atoms with van der Waals surface area (Å²) in [5, 5.41) is 25.2. The fourth-order valence-corrected chi connectivity index (χ4v) is 10.5. The van der Waals surface area contributed by atoms with Crippen molar-refractivity contribution in [1.29, 1.82) is 0 Å². The first-order valence-corrected chi connectivity index (χ1v) is 22.4. The highest BCUT2D eigenvalue weighted by molar-refractivity contribution is 6.32. The zero-order valence-electron chi connectivity index (χ0n) is 35.0. The summed E-state index contributed by atoms with van der Waals surface area (Å²) < 4.78 is 23.6. The minimum Gasteiger partial charge on any atom is -0.506 e. The molecule has 9 rings (SSSR count). The first-order chi connectivity index (χ1) is 29.6. The molecule has 3 saturated heterocycles. The number of nitrogens with one attached hydrogen (secondary N) is 2. The van der Waals surface area contributed by atoms with Gasteiger partial charge in [0, 0.05) is 42.7 Å². The summed E-state index contributed by atoms with van der Waals surface area (Å²) >= 11 is 6.59. The van der Waals surface area contributed by atoms with Gasteiger partial charge in [0.1, 0.15) is 29.5 Å². The average Bonchev–Trinajstić information content (AvgIpc) is 3.27. The van der Waals surface area contributed by atoms with E-state index in [0.29, 0.717) is 45.7 Å². The van der Waals surface area contributed by atoms with E-state index < -0.39 is 17.5 Å². The van der Waals surface area contributed by atoms with Crippen LogP contribution < -0.4 is 20.3 Å². The summed E-state index contributed by atoms with van der Waals surface area (Å²) in [6.07, 6.45) is 10.4. The normalized spacial score (nSPS) is 23.9. The van der Waals surface area contributed by atoms with E-state index in [4.69, 9.17) is 30.5 Å². The van der Waals surface area contributed by atoms with Gasteiger partial charge in [-0.3, -0.25) is 14.5 Å². The number of piperidine rings is 3. The third-order valence-electron chi connectivity index (χ3n) is 13.6. The van der Waals surface area contributed by atoms with Gasteiger partial charge in [-0.1, -0.05) is 61.2 Å². The summed E-state index contributed by atoms with van der Waals surface area (Å²) in [6, 6.07) is 18.0. The summed E-state index contributed by atoms with van der Waals surface area (Å²) in [5.74, 6) is 1.18. The van der Waals surface area contributed by atoms with Crippen molar-refractivity contribution < 1.29 is 38.7 Å². The molecule has 0 radical (unpaired) electrons. The first kappa shape index (κ1) is 43.0. The van der Waals surface area contributed by atoms with E-state index in [1.165, 1.54) is 24.8 Å². The van der Waals surface area contributed by atoms with Crippen LogP contribution in [0.15, 0.2) is 65.5 Å². The van der Waals surface area contributed by atoms with Gasteiger partial charge in [-0.2, -0.15) is 0 Å². The second-order valence-corrected chi connectivity index (χ2v) is 18.0. The first-order valence-electron chi connectivity index (χ1n) is 22.0. The lowest BCUT2D eigenvalue weighted by Crippen LogP contribution is -2.53. The topological polar surface area (TPSA) is 160 Å². The number of nitrogens with zero attached hydrogens (tertiary/aromatic N) is 1. The van der Waals surface area contributed by atoms with Gasteiger partial charge >= 0.3 is 11.9 Å². The molecule has 326 valence electrons. The number of phenols is 1. The van der Waals surface area contributed by atoms with Gasteiger partial charge in [0.2, 0.25) is 5.56 Å². The third-order valence-corrected chi connectivity index (χ3v) is 13.9. The van der Waals surface area contributed by atoms with Crippen molar-refractivity contribution in [1.82, 2.24) is 15.2 Å². The second-order valence-electron chi connectivity index (χ2n) is 17.6. The molecule has 2 bridgehead atoms. The largest absolute Gasteiger partial charge is 0.506 e. The average molecular weight is 856 g/mol. The highest BCUT2D eigenvalue weighted by Crippen LogP contribution is 2.43. The van der Waals surface area contributed by atoms with Gasteiger partial charge in [0.05, 0.1) is 29.2 Å². The summed E-state index contributed by atoms with van der Waals surface area (Å²) in [6.45, 7) is 3.29. The number of fused-ring (bicyclic) bond motifs is 4. The molecule has 2 aliphatic carbocycles. The van der Waals surface area contributed by atoms with Crippen molar-refractivity contribution in [3.63, 3.8) is 0 Å². The predicted octanol–water partition coefficient (Wildman–Crippen LogP) is 7.28. The van der Waals surface area contributed by atoms with Gasteiger partial charge in [0.25, 0.3) is 0 Å². The van der Waals surface area contributed by atoms with Crippen molar-refractivity contribution in [2.24, 2.45) is 11.8 Å². The minimum atomic E-state index is -0.937. The maximum Gasteiger partial charge on any atom is 0.344 e. The Morgan fingerprint density at radius 2 is 1.74 bits per heavy atom. The lowest BCUT2D eigenvalue weighted by atomic mass is 9.68. The number of aromatic amines is 1. The van der Waals surface area contributed by atoms with Gasteiger partial charge in [-0.15, -0.1) is 0 Å². The van der Waals surface area contributed by atoms with Gasteiger partial charge in [-0.25, -0.2) is 4.79 Å². The minimum absolute atomic E-state index is 0.0149. The Hall–Kier alpha value is -4.62. The van der Waals surface area contributed by atoms with E-state index in [2.05, 4.69) is 39.5 Å². The number of esters is 2. The smallest absolute Gasteiger partial charge is 0.344 e. The zero-order valence-corrected chi connectivity index (χ0v) is 35.7. The van der Waals surface area contributed by atoms with Crippen LogP contribution in [0.1, 0.15) is 99.0 Å². The number of benzene rings is 3. The van der Waals surface area contributed by atoms with E-state index in [9.17, 15) is 24.6 Å². The molecule has 4 aromatic rings. The standard InChI is InChI=1S/C48H58ClN3O9/c1-58-41-25-42(38(49)24-33(41)26-50-27-40(54)36-12-14-39(53)46-37(36)13-15-44(55)51-46)59-29-45(56)60-35-10-8-30(9-11-35)22-31-6-5-7-34(23-31)48(18-3-2-4-19-48)47(57)61-43-28-52-20-16-32(43)17-21-52/h5-7,12-15,23-25,30,32,35,40,43,50,53-54H,2-4,8-11,16-22,26-29H2,1H3,(H,51,55)/t30?,35?,40-,43-/m0/s1. The van der Waals surface area contributed by atoms with E-state index in [-0.39, 0.29) is 53.9 Å². The number of aromatic hydroxyl groups is 1. The monoisotopic (exact) mass is 855 g/mol. The SMILES string of the molecule is COc1cc(OCC(=O)OC2CCC(Cc3cccc(C4(C(=O)O[C@H]5CN6CCC5CC6)CCCCC4)c3)CC2)c(Cl)cc1CNC[C@H](O)c1ccc(O)c2[nH]c(=O)ccc12. The molecule has 5 fully saturated rings. The number of hydrogen-bond acceptors (Lipinski definition) is 11. The Morgan fingerprint density at radius 1 is 0.951 bits per heavy atom. The van der Waals surface area contributed by atoms with Crippen molar-refractivity contribution >= 4 is 34.4 Å². The fraction of sp³-hybridized carbons (Fsp3) is 0.521.